The van der Waals surface area contributed by atoms with E-state index >= 15 is 0 Å². The number of benzene rings is 1. The van der Waals surface area contributed by atoms with E-state index in [2.05, 4.69) is 27.5 Å². The number of hydrogen-bond donors (Lipinski definition) is 2. The van der Waals surface area contributed by atoms with Crippen LogP contribution in [-0.2, 0) is 20.7 Å². The molecular weight excluding hydrogens is 256 g/mol. The SMILES string of the molecule is COC(=O)C(CNC(C)Cc1ccccc1)NC(C)=O. The standard InChI is InChI=1S/C15H22N2O3/c1-11(9-13-7-5-4-6-8-13)16-10-14(15(19)20-3)17-12(2)18/h4-8,11,14,16H,9-10H2,1-3H3,(H,17,18). The van der Waals surface area contributed by atoms with Gasteiger partial charge in [-0.25, -0.2) is 4.79 Å². The number of ether oxygens (including phenoxy) is 1. The van der Waals surface area contributed by atoms with E-state index in [0.29, 0.717) is 6.54 Å². The second-order valence-corrected chi connectivity index (χ2v) is 4.78. The van der Waals surface area contributed by atoms with Crippen LogP contribution in [-0.4, -0.2) is 37.6 Å². The lowest BCUT2D eigenvalue weighted by Crippen LogP contribution is -2.49. The summed E-state index contributed by atoms with van der Waals surface area (Å²) in [5.74, 6) is -0.697. The lowest BCUT2D eigenvalue weighted by atomic mass is 10.1. The van der Waals surface area contributed by atoms with Gasteiger partial charge >= 0.3 is 5.97 Å². The Bertz CT molecular complexity index is 434. The van der Waals surface area contributed by atoms with E-state index in [-0.39, 0.29) is 11.9 Å². The van der Waals surface area contributed by atoms with Gasteiger partial charge in [-0.3, -0.25) is 4.79 Å². The van der Waals surface area contributed by atoms with Crippen molar-refractivity contribution < 1.29 is 14.3 Å². The Morgan fingerprint density at radius 2 is 1.90 bits per heavy atom. The summed E-state index contributed by atoms with van der Waals surface area (Å²) in [7, 11) is 1.31. The quantitative estimate of drug-likeness (QED) is 0.727. The van der Waals surface area contributed by atoms with Crippen molar-refractivity contribution in [2.75, 3.05) is 13.7 Å². The third-order valence-corrected chi connectivity index (χ3v) is 2.92. The third kappa shape index (κ3) is 5.84. The highest BCUT2D eigenvalue weighted by atomic mass is 16.5. The van der Waals surface area contributed by atoms with E-state index in [4.69, 9.17) is 0 Å². The van der Waals surface area contributed by atoms with E-state index in [1.165, 1.54) is 19.6 Å². The highest BCUT2D eigenvalue weighted by Gasteiger charge is 2.20. The highest BCUT2D eigenvalue weighted by Crippen LogP contribution is 2.02. The minimum Gasteiger partial charge on any atom is -0.467 e. The molecule has 0 heterocycles. The third-order valence-electron chi connectivity index (χ3n) is 2.92. The Morgan fingerprint density at radius 3 is 2.45 bits per heavy atom. The average molecular weight is 278 g/mol. The summed E-state index contributed by atoms with van der Waals surface area (Å²) in [6.45, 7) is 3.76. The van der Waals surface area contributed by atoms with E-state index in [1.54, 1.807) is 0 Å². The molecule has 5 nitrogen and oxygen atoms in total. The second kappa shape index (κ2) is 8.32. The Labute approximate surface area is 119 Å². The van der Waals surface area contributed by atoms with Gasteiger partial charge in [-0.05, 0) is 18.9 Å². The van der Waals surface area contributed by atoms with Crippen molar-refractivity contribution in [3.63, 3.8) is 0 Å². The topological polar surface area (TPSA) is 67.4 Å². The van der Waals surface area contributed by atoms with Crippen LogP contribution in [0.2, 0.25) is 0 Å². The molecule has 20 heavy (non-hydrogen) atoms. The molecule has 0 aliphatic carbocycles. The molecule has 2 atom stereocenters. The van der Waals surface area contributed by atoms with Gasteiger partial charge in [-0.2, -0.15) is 0 Å². The fraction of sp³-hybridized carbons (Fsp3) is 0.467. The molecule has 0 spiro atoms. The number of hydrogen-bond acceptors (Lipinski definition) is 4. The molecule has 0 saturated carbocycles. The van der Waals surface area contributed by atoms with Gasteiger partial charge in [0.05, 0.1) is 7.11 Å². The molecule has 0 aliphatic rings. The van der Waals surface area contributed by atoms with Crippen molar-refractivity contribution in [2.45, 2.75) is 32.4 Å². The molecule has 2 N–H and O–H groups in total. The lowest BCUT2D eigenvalue weighted by molar-refractivity contribution is -0.144. The molecule has 0 radical (unpaired) electrons. The molecule has 1 rings (SSSR count). The summed E-state index contributed by atoms with van der Waals surface area (Å²) in [6, 6.07) is 9.63. The zero-order valence-electron chi connectivity index (χ0n) is 12.2. The normalized spacial score (nSPS) is 13.3. The first-order chi connectivity index (χ1) is 9.52. The Kier molecular flexibility index (Phi) is 6.73. The minimum atomic E-state index is -0.657. The smallest absolute Gasteiger partial charge is 0.329 e. The van der Waals surface area contributed by atoms with Crippen LogP contribution in [0.3, 0.4) is 0 Å². The van der Waals surface area contributed by atoms with Crippen LogP contribution in [0, 0.1) is 0 Å². The summed E-state index contributed by atoms with van der Waals surface area (Å²) in [4.78, 5) is 22.6. The van der Waals surface area contributed by atoms with Gasteiger partial charge in [0.25, 0.3) is 0 Å². The van der Waals surface area contributed by atoms with Gasteiger partial charge in [0.1, 0.15) is 6.04 Å². The maximum atomic E-state index is 11.5. The van der Waals surface area contributed by atoms with Gasteiger partial charge in [0.2, 0.25) is 5.91 Å². The zero-order chi connectivity index (χ0) is 15.0. The van der Waals surface area contributed by atoms with Crippen LogP contribution < -0.4 is 10.6 Å². The van der Waals surface area contributed by atoms with Gasteiger partial charge in [0, 0.05) is 19.5 Å². The maximum absolute atomic E-state index is 11.5. The van der Waals surface area contributed by atoms with Crippen molar-refractivity contribution in [3.05, 3.63) is 35.9 Å². The first-order valence-electron chi connectivity index (χ1n) is 6.65. The number of carbonyl (C=O) groups is 2. The van der Waals surface area contributed by atoms with E-state index < -0.39 is 12.0 Å². The van der Waals surface area contributed by atoms with Gasteiger partial charge in [0.15, 0.2) is 0 Å². The van der Waals surface area contributed by atoms with Crippen LogP contribution in [0.1, 0.15) is 19.4 Å². The fourth-order valence-corrected chi connectivity index (χ4v) is 1.94. The number of amides is 1. The van der Waals surface area contributed by atoms with Gasteiger partial charge < -0.3 is 15.4 Å². The molecule has 1 amide bonds. The fourth-order valence-electron chi connectivity index (χ4n) is 1.94. The molecule has 0 aromatic heterocycles. The molecule has 0 bridgehead atoms. The predicted molar refractivity (Wildman–Crippen MR) is 77.2 cm³/mol. The van der Waals surface area contributed by atoms with Crippen molar-refractivity contribution in [1.29, 1.82) is 0 Å². The first kappa shape index (κ1) is 16.2. The molecule has 0 fully saturated rings. The largest absolute Gasteiger partial charge is 0.467 e. The predicted octanol–water partition coefficient (Wildman–Crippen LogP) is 0.885. The van der Waals surface area contributed by atoms with Crippen molar-refractivity contribution in [2.24, 2.45) is 0 Å². The van der Waals surface area contributed by atoms with Crippen LogP contribution >= 0.6 is 0 Å². The molecule has 0 saturated heterocycles. The van der Waals surface area contributed by atoms with Crippen LogP contribution in [0.5, 0.6) is 0 Å². The Morgan fingerprint density at radius 1 is 1.25 bits per heavy atom. The van der Waals surface area contributed by atoms with Gasteiger partial charge in [-0.15, -0.1) is 0 Å². The highest BCUT2D eigenvalue weighted by molar-refractivity contribution is 5.83. The van der Waals surface area contributed by atoms with Crippen LogP contribution in [0.4, 0.5) is 0 Å². The summed E-state index contributed by atoms with van der Waals surface area (Å²) in [6.07, 6.45) is 0.856. The van der Waals surface area contributed by atoms with E-state index in [0.717, 1.165) is 6.42 Å². The summed E-state index contributed by atoms with van der Waals surface area (Å²) < 4.78 is 4.67. The van der Waals surface area contributed by atoms with Crippen molar-refractivity contribution in [1.82, 2.24) is 10.6 Å². The number of carbonyl (C=O) groups excluding carboxylic acids is 2. The van der Waals surface area contributed by atoms with E-state index in [1.807, 2.05) is 25.1 Å². The summed E-state index contributed by atoms with van der Waals surface area (Å²) in [5, 5.41) is 5.81. The number of rotatable bonds is 7. The summed E-state index contributed by atoms with van der Waals surface area (Å²) in [5.41, 5.74) is 1.22. The van der Waals surface area contributed by atoms with Crippen LogP contribution in [0.15, 0.2) is 30.3 Å². The monoisotopic (exact) mass is 278 g/mol. The number of esters is 1. The molecule has 0 aliphatic heterocycles. The first-order valence-corrected chi connectivity index (χ1v) is 6.65. The Balaban J connectivity index is 2.45. The van der Waals surface area contributed by atoms with Crippen molar-refractivity contribution >= 4 is 11.9 Å². The van der Waals surface area contributed by atoms with Crippen LogP contribution in [0.25, 0.3) is 0 Å². The van der Waals surface area contributed by atoms with E-state index in [9.17, 15) is 9.59 Å². The molecule has 5 heteroatoms. The molecule has 2 unspecified atom stereocenters. The zero-order valence-corrected chi connectivity index (χ0v) is 12.2. The summed E-state index contributed by atoms with van der Waals surface area (Å²) >= 11 is 0. The molecule has 1 aromatic rings. The average Bonchev–Trinajstić information content (AvgIpc) is 2.43. The second-order valence-electron chi connectivity index (χ2n) is 4.78. The molecule has 1 aromatic carbocycles. The van der Waals surface area contributed by atoms with Gasteiger partial charge in [-0.1, -0.05) is 30.3 Å². The molecular formula is C15H22N2O3. The number of nitrogens with one attached hydrogen (secondary N) is 2. The Hall–Kier alpha value is -1.88. The number of methoxy groups -OCH3 is 1. The van der Waals surface area contributed by atoms with Crippen molar-refractivity contribution in [3.8, 4) is 0 Å². The lowest BCUT2D eigenvalue weighted by Gasteiger charge is -2.19. The molecule has 110 valence electrons. The minimum absolute atomic E-state index is 0.193. The maximum Gasteiger partial charge on any atom is 0.329 e.